The second kappa shape index (κ2) is 5.13. The Hall–Kier alpha value is -3.08. The van der Waals surface area contributed by atoms with Crippen LogP contribution in [0.4, 0.5) is 5.69 Å². The highest BCUT2D eigenvalue weighted by molar-refractivity contribution is 5.94. The Labute approximate surface area is 119 Å². The third-order valence-electron chi connectivity index (χ3n) is 3.00. The van der Waals surface area contributed by atoms with Gasteiger partial charge in [-0.05, 0) is 24.3 Å². The number of phenolic OH excluding ortho intramolecular Hbond substituents is 1. The van der Waals surface area contributed by atoms with E-state index in [0.29, 0.717) is 11.1 Å². The van der Waals surface area contributed by atoms with Crippen molar-refractivity contribution in [2.24, 2.45) is 4.99 Å². The monoisotopic (exact) mass is 281 g/mol. The molecule has 0 fully saturated rings. The fourth-order valence-corrected chi connectivity index (χ4v) is 1.95. The summed E-state index contributed by atoms with van der Waals surface area (Å²) in [5.74, 6) is -0.267. The molecule has 0 radical (unpaired) electrons. The predicted octanol–water partition coefficient (Wildman–Crippen LogP) is 2.95. The zero-order chi connectivity index (χ0) is 14.8. The van der Waals surface area contributed by atoms with Gasteiger partial charge in [0.15, 0.2) is 0 Å². The molecule has 0 spiro atoms. The van der Waals surface area contributed by atoms with Crippen molar-refractivity contribution in [2.45, 2.75) is 0 Å². The number of aliphatic imine (C=N–C) groups is 1. The van der Waals surface area contributed by atoms with Crippen LogP contribution in [0.3, 0.4) is 0 Å². The van der Waals surface area contributed by atoms with Gasteiger partial charge in [-0.3, -0.25) is 4.99 Å². The zero-order valence-corrected chi connectivity index (χ0v) is 10.9. The largest absolute Gasteiger partial charge is 0.508 e. The summed E-state index contributed by atoms with van der Waals surface area (Å²) in [5, 5.41) is 19.9. The molecule has 0 aliphatic heterocycles. The lowest BCUT2D eigenvalue weighted by Gasteiger charge is -2.03. The number of hydrogen-bond acceptors (Lipinski definition) is 5. The molecule has 0 amide bonds. The molecule has 21 heavy (non-hydrogen) atoms. The van der Waals surface area contributed by atoms with Gasteiger partial charge in [0.1, 0.15) is 22.6 Å². The molecule has 5 nitrogen and oxygen atoms in total. The van der Waals surface area contributed by atoms with E-state index in [1.807, 2.05) is 18.2 Å². The maximum Gasteiger partial charge on any atom is 0.348 e. The van der Waals surface area contributed by atoms with Crippen LogP contribution in [0.15, 0.2) is 62.7 Å². The van der Waals surface area contributed by atoms with Crippen molar-refractivity contribution < 1.29 is 14.6 Å². The van der Waals surface area contributed by atoms with Gasteiger partial charge in [-0.2, -0.15) is 0 Å². The Balaban J connectivity index is 2.13. The second-order valence-electron chi connectivity index (χ2n) is 4.43. The van der Waals surface area contributed by atoms with E-state index in [0.717, 1.165) is 0 Å². The molecule has 0 aliphatic carbocycles. The van der Waals surface area contributed by atoms with Gasteiger partial charge in [0.05, 0.1) is 11.1 Å². The third kappa shape index (κ3) is 2.49. The van der Waals surface area contributed by atoms with Gasteiger partial charge in [0.25, 0.3) is 0 Å². The summed E-state index contributed by atoms with van der Waals surface area (Å²) in [6.07, 6.45) is 1.27. The Kier molecular flexibility index (Phi) is 3.16. The van der Waals surface area contributed by atoms with Crippen molar-refractivity contribution in [3.05, 3.63) is 64.5 Å². The van der Waals surface area contributed by atoms with Crippen LogP contribution in [0, 0.1) is 0 Å². The molecule has 3 rings (SSSR count). The Morgan fingerprint density at radius 3 is 2.57 bits per heavy atom. The minimum Gasteiger partial charge on any atom is -0.508 e. The first-order valence-electron chi connectivity index (χ1n) is 6.23. The summed E-state index contributed by atoms with van der Waals surface area (Å²) in [6.45, 7) is 0. The van der Waals surface area contributed by atoms with Gasteiger partial charge in [0.2, 0.25) is 0 Å². The lowest BCUT2D eigenvalue weighted by Crippen LogP contribution is -2.06. The molecule has 2 N–H and O–H groups in total. The summed E-state index contributed by atoms with van der Waals surface area (Å²) in [5.41, 5.74) is 0.0267. The molecule has 0 aliphatic rings. The quantitative estimate of drug-likeness (QED) is 0.559. The molecular formula is C16H11NO4. The van der Waals surface area contributed by atoms with Crippen molar-refractivity contribution in [2.75, 3.05) is 0 Å². The number of rotatable bonds is 2. The number of nitrogens with zero attached hydrogens (tertiary/aromatic N) is 1. The van der Waals surface area contributed by atoms with E-state index in [1.54, 1.807) is 12.1 Å². The maximum atomic E-state index is 11.9. The first-order chi connectivity index (χ1) is 10.1. The number of fused-ring (bicyclic) bond motifs is 1. The highest BCUT2D eigenvalue weighted by atomic mass is 16.4. The minimum absolute atomic E-state index is 0.0305. The molecular weight excluding hydrogens is 270 g/mol. The van der Waals surface area contributed by atoms with Crippen LogP contribution in [-0.4, -0.2) is 16.4 Å². The molecule has 1 aromatic heterocycles. The average molecular weight is 281 g/mol. The molecule has 104 valence electrons. The van der Waals surface area contributed by atoms with Crippen LogP contribution in [-0.2, 0) is 0 Å². The highest BCUT2D eigenvalue weighted by Gasteiger charge is 2.12. The Morgan fingerprint density at radius 1 is 1.05 bits per heavy atom. The van der Waals surface area contributed by atoms with Crippen LogP contribution in [0.25, 0.3) is 11.0 Å². The standard InChI is InChI=1S/C16H11NO4/c18-11-6-7-12-14(8-11)21-16(20)13(15(12)19)9-17-10-4-2-1-3-5-10/h1-9,18-19H. The zero-order valence-electron chi connectivity index (χ0n) is 10.9. The van der Waals surface area contributed by atoms with Crippen molar-refractivity contribution in [3.63, 3.8) is 0 Å². The van der Waals surface area contributed by atoms with Gasteiger partial charge in [-0.1, -0.05) is 18.2 Å². The number of aromatic hydroxyl groups is 2. The molecule has 5 heteroatoms. The molecule has 1 heterocycles. The summed E-state index contributed by atoms with van der Waals surface area (Å²) < 4.78 is 5.08. The summed E-state index contributed by atoms with van der Waals surface area (Å²) >= 11 is 0. The number of phenols is 1. The smallest absolute Gasteiger partial charge is 0.348 e. The molecule has 0 bridgehead atoms. The number of benzene rings is 2. The maximum absolute atomic E-state index is 11.9. The van der Waals surface area contributed by atoms with Gasteiger partial charge >= 0.3 is 5.63 Å². The molecule has 0 saturated heterocycles. The van der Waals surface area contributed by atoms with E-state index in [4.69, 9.17) is 4.42 Å². The van der Waals surface area contributed by atoms with Crippen LogP contribution < -0.4 is 5.63 Å². The van der Waals surface area contributed by atoms with Crippen LogP contribution >= 0.6 is 0 Å². The van der Waals surface area contributed by atoms with E-state index >= 15 is 0 Å². The van der Waals surface area contributed by atoms with E-state index in [9.17, 15) is 15.0 Å². The number of hydrogen-bond donors (Lipinski definition) is 2. The number of para-hydroxylation sites is 1. The molecule has 0 saturated carbocycles. The SMILES string of the molecule is O=c1oc2cc(O)ccc2c(O)c1C=Nc1ccccc1. The topological polar surface area (TPSA) is 83.0 Å². The van der Waals surface area contributed by atoms with Gasteiger partial charge in [0, 0.05) is 12.3 Å². The van der Waals surface area contributed by atoms with Crippen molar-refractivity contribution in [1.29, 1.82) is 0 Å². The first-order valence-corrected chi connectivity index (χ1v) is 6.23. The highest BCUT2D eigenvalue weighted by Crippen LogP contribution is 2.28. The van der Waals surface area contributed by atoms with Crippen molar-refractivity contribution >= 4 is 22.9 Å². The average Bonchev–Trinajstić information content (AvgIpc) is 2.47. The summed E-state index contributed by atoms with van der Waals surface area (Å²) in [6, 6.07) is 13.2. The van der Waals surface area contributed by atoms with Gasteiger partial charge in [-0.25, -0.2) is 4.79 Å². The summed E-state index contributed by atoms with van der Waals surface area (Å²) in [4.78, 5) is 16.0. The molecule has 0 atom stereocenters. The van der Waals surface area contributed by atoms with E-state index in [-0.39, 0.29) is 22.6 Å². The van der Waals surface area contributed by atoms with Crippen LogP contribution in [0.2, 0.25) is 0 Å². The molecule has 3 aromatic rings. The van der Waals surface area contributed by atoms with Crippen LogP contribution in [0.1, 0.15) is 5.56 Å². The molecule has 0 unspecified atom stereocenters. The molecule has 2 aromatic carbocycles. The van der Waals surface area contributed by atoms with E-state index in [2.05, 4.69) is 4.99 Å². The second-order valence-corrected chi connectivity index (χ2v) is 4.43. The first kappa shape index (κ1) is 12.9. The van der Waals surface area contributed by atoms with E-state index < -0.39 is 5.63 Å². The Morgan fingerprint density at radius 2 is 1.81 bits per heavy atom. The van der Waals surface area contributed by atoms with Crippen molar-refractivity contribution in [3.8, 4) is 11.5 Å². The van der Waals surface area contributed by atoms with Crippen LogP contribution in [0.5, 0.6) is 11.5 Å². The van der Waals surface area contributed by atoms with Crippen molar-refractivity contribution in [1.82, 2.24) is 0 Å². The van der Waals surface area contributed by atoms with Gasteiger partial charge in [-0.15, -0.1) is 0 Å². The minimum atomic E-state index is -0.717. The lowest BCUT2D eigenvalue weighted by molar-refractivity contribution is 0.461. The van der Waals surface area contributed by atoms with E-state index in [1.165, 1.54) is 24.4 Å². The fourth-order valence-electron chi connectivity index (χ4n) is 1.95. The van der Waals surface area contributed by atoms with Gasteiger partial charge < -0.3 is 14.6 Å². The predicted molar refractivity (Wildman–Crippen MR) is 79.5 cm³/mol. The third-order valence-corrected chi connectivity index (χ3v) is 3.00. The normalized spacial score (nSPS) is 11.2. The fraction of sp³-hybridized carbons (Fsp3) is 0. The summed E-state index contributed by atoms with van der Waals surface area (Å²) in [7, 11) is 0. The Bertz CT molecular complexity index is 882. The lowest BCUT2D eigenvalue weighted by atomic mass is 10.1.